The first-order valence-corrected chi connectivity index (χ1v) is 10.1. The maximum absolute atomic E-state index is 12.6. The van der Waals surface area contributed by atoms with Crippen molar-refractivity contribution in [1.82, 2.24) is 15.5 Å². The molecule has 4 amide bonds. The van der Waals surface area contributed by atoms with Gasteiger partial charge in [-0.1, -0.05) is 41.0 Å². The lowest BCUT2D eigenvalue weighted by Crippen LogP contribution is -2.48. The molecule has 0 aromatic heterocycles. The fraction of sp³-hybridized carbons (Fsp3) is 0.850. The van der Waals surface area contributed by atoms with Crippen LogP contribution in [0.1, 0.15) is 79.6 Å². The third kappa shape index (κ3) is 4.04. The highest BCUT2D eigenvalue weighted by atomic mass is 16.2. The second kappa shape index (κ2) is 7.97. The van der Waals surface area contributed by atoms with E-state index in [1.54, 1.807) is 0 Å². The summed E-state index contributed by atoms with van der Waals surface area (Å²) in [4.78, 5) is 38.2. The van der Waals surface area contributed by atoms with Gasteiger partial charge in [-0.25, -0.2) is 4.79 Å². The van der Waals surface area contributed by atoms with E-state index in [-0.39, 0.29) is 24.4 Å². The molecule has 2 rings (SSSR count). The lowest BCUT2D eigenvalue weighted by molar-refractivity contribution is -0.135. The Hall–Kier alpha value is -1.59. The van der Waals surface area contributed by atoms with Crippen LogP contribution in [0.2, 0.25) is 0 Å². The number of nitrogens with one attached hydrogen (secondary N) is 2. The molecule has 0 unspecified atom stereocenters. The molecule has 1 aliphatic carbocycles. The van der Waals surface area contributed by atoms with Gasteiger partial charge >= 0.3 is 6.03 Å². The molecule has 1 saturated carbocycles. The standard InChI is InChI=1S/C20H35N3O3/c1-6-19(4,5)14-9-11-15(12-10-14)21-16(24)13-23-17(25)20(7-2,8-3)22-18(23)26/h14-15H,6-13H2,1-5H3,(H,21,24)(H,22,26). The number of carbonyl (C=O) groups is 3. The van der Waals surface area contributed by atoms with Crippen molar-refractivity contribution in [1.29, 1.82) is 0 Å². The zero-order valence-corrected chi connectivity index (χ0v) is 17.0. The van der Waals surface area contributed by atoms with Crippen molar-refractivity contribution in [2.75, 3.05) is 6.54 Å². The van der Waals surface area contributed by atoms with Crippen LogP contribution in [-0.2, 0) is 9.59 Å². The molecule has 0 radical (unpaired) electrons. The molecule has 2 fully saturated rings. The molecule has 2 aliphatic rings. The average molecular weight is 366 g/mol. The summed E-state index contributed by atoms with van der Waals surface area (Å²) in [6.07, 6.45) is 6.39. The van der Waals surface area contributed by atoms with Gasteiger partial charge in [0.25, 0.3) is 5.91 Å². The first-order chi connectivity index (χ1) is 12.2. The molecule has 1 saturated heterocycles. The van der Waals surface area contributed by atoms with E-state index in [1.807, 2.05) is 13.8 Å². The number of hydrogen-bond acceptors (Lipinski definition) is 3. The van der Waals surface area contributed by atoms with Crippen molar-refractivity contribution in [2.45, 2.75) is 91.1 Å². The number of imide groups is 1. The van der Waals surface area contributed by atoms with Crippen molar-refractivity contribution in [3.63, 3.8) is 0 Å². The Bertz CT molecular complexity index is 547. The van der Waals surface area contributed by atoms with E-state index < -0.39 is 11.6 Å². The number of amides is 4. The van der Waals surface area contributed by atoms with Gasteiger partial charge in [-0.3, -0.25) is 14.5 Å². The summed E-state index contributed by atoms with van der Waals surface area (Å²) in [6.45, 7) is 10.4. The van der Waals surface area contributed by atoms with Crippen molar-refractivity contribution in [2.24, 2.45) is 11.3 Å². The quantitative estimate of drug-likeness (QED) is 0.680. The van der Waals surface area contributed by atoms with Crippen molar-refractivity contribution in [3.05, 3.63) is 0 Å². The fourth-order valence-electron chi connectivity index (χ4n) is 4.27. The molecule has 1 aliphatic heterocycles. The highest BCUT2D eigenvalue weighted by Gasteiger charge is 2.49. The molecule has 148 valence electrons. The maximum Gasteiger partial charge on any atom is 0.325 e. The molecule has 6 heteroatoms. The molecule has 0 aromatic carbocycles. The summed E-state index contributed by atoms with van der Waals surface area (Å²) in [5.41, 5.74) is -0.500. The van der Waals surface area contributed by atoms with E-state index in [0.717, 1.165) is 37.0 Å². The molecule has 1 heterocycles. The van der Waals surface area contributed by atoms with Crippen LogP contribution in [0, 0.1) is 11.3 Å². The summed E-state index contributed by atoms with van der Waals surface area (Å²) >= 11 is 0. The SMILES string of the molecule is CCC1(CC)NC(=O)N(CC(=O)NC2CCC(C(C)(C)CC)CC2)C1=O. The van der Waals surface area contributed by atoms with Crippen LogP contribution in [0.4, 0.5) is 4.79 Å². The number of carbonyl (C=O) groups excluding carboxylic acids is 3. The lowest BCUT2D eigenvalue weighted by Gasteiger charge is -2.39. The summed E-state index contributed by atoms with van der Waals surface area (Å²) < 4.78 is 0. The van der Waals surface area contributed by atoms with Gasteiger partial charge in [0.05, 0.1) is 0 Å². The van der Waals surface area contributed by atoms with Crippen LogP contribution in [0.5, 0.6) is 0 Å². The zero-order chi connectivity index (χ0) is 19.5. The minimum Gasteiger partial charge on any atom is -0.352 e. The normalized spacial score (nSPS) is 26.0. The first kappa shape index (κ1) is 20.7. The van der Waals surface area contributed by atoms with E-state index in [1.165, 1.54) is 0 Å². The van der Waals surface area contributed by atoms with Gasteiger partial charge in [0.2, 0.25) is 5.91 Å². The van der Waals surface area contributed by atoms with Crippen LogP contribution in [0.15, 0.2) is 0 Å². The number of hydrogen-bond donors (Lipinski definition) is 2. The summed E-state index contributed by atoms with van der Waals surface area (Å²) in [7, 11) is 0. The molecule has 0 bridgehead atoms. The van der Waals surface area contributed by atoms with Gasteiger partial charge in [-0.05, 0) is 49.9 Å². The molecular formula is C20H35N3O3. The lowest BCUT2D eigenvalue weighted by atomic mass is 9.69. The van der Waals surface area contributed by atoms with E-state index in [4.69, 9.17) is 0 Å². The van der Waals surface area contributed by atoms with E-state index in [0.29, 0.717) is 24.2 Å². The molecule has 2 N–H and O–H groups in total. The summed E-state index contributed by atoms with van der Waals surface area (Å²) in [5.74, 6) is 0.173. The highest BCUT2D eigenvalue weighted by Crippen LogP contribution is 2.40. The predicted molar refractivity (Wildman–Crippen MR) is 102 cm³/mol. The Morgan fingerprint density at radius 1 is 1.15 bits per heavy atom. The third-order valence-electron chi connectivity index (χ3n) is 6.86. The summed E-state index contributed by atoms with van der Waals surface area (Å²) in [6, 6.07) is -0.309. The second-order valence-corrected chi connectivity index (χ2v) is 8.57. The Morgan fingerprint density at radius 2 is 1.73 bits per heavy atom. The molecule has 0 atom stereocenters. The van der Waals surface area contributed by atoms with Crippen LogP contribution in [-0.4, -0.2) is 40.9 Å². The number of urea groups is 1. The minimum absolute atomic E-state index is 0.147. The fourth-order valence-corrected chi connectivity index (χ4v) is 4.27. The van der Waals surface area contributed by atoms with Gasteiger partial charge in [-0.2, -0.15) is 0 Å². The minimum atomic E-state index is -0.846. The molecule has 0 aromatic rings. The largest absolute Gasteiger partial charge is 0.352 e. The van der Waals surface area contributed by atoms with Gasteiger partial charge in [0.1, 0.15) is 12.1 Å². The smallest absolute Gasteiger partial charge is 0.325 e. The second-order valence-electron chi connectivity index (χ2n) is 8.57. The van der Waals surface area contributed by atoms with E-state index >= 15 is 0 Å². The average Bonchev–Trinajstić information content (AvgIpc) is 2.86. The number of nitrogens with zero attached hydrogens (tertiary/aromatic N) is 1. The molecule has 26 heavy (non-hydrogen) atoms. The third-order valence-corrected chi connectivity index (χ3v) is 6.86. The van der Waals surface area contributed by atoms with Crippen LogP contribution >= 0.6 is 0 Å². The van der Waals surface area contributed by atoms with Gasteiger partial charge < -0.3 is 10.6 Å². The highest BCUT2D eigenvalue weighted by molar-refractivity contribution is 6.08. The van der Waals surface area contributed by atoms with Crippen molar-refractivity contribution < 1.29 is 14.4 Å². The molecule has 0 spiro atoms. The first-order valence-electron chi connectivity index (χ1n) is 10.1. The topological polar surface area (TPSA) is 78.5 Å². The van der Waals surface area contributed by atoms with Crippen molar-refractivity contribution >= 4 is 17.8 Å². The number of rotatable bonds is 7. The molecular weight excluding hydrogens is 330 g/mol. The van der Waals surface area contributed by atoms with E-state index in [2.05, 4.69) is 31.4 Å². The van der Waals surface area contributed by atoms with Gasteiger partial charge in [0, 0.05) is 6.04 Å². The molecule has 6 nitrogen and oxygen atoms in total. The van der Waals surface area contributed by atoms with Crippen molar-refractivity contribution in [3.8, 4) is 0 Å². The van der Waals surface area contributed by atoms with Crippen LogP contribution in [0.3, 0.4) is 0 Å². The monoisotopic (exact) mass is 365 g/mol. The van der Waals surface area contributed by atoms with E-state index in [9.17, 15) is 14.4 Å². The summed E-state index contributed by atoms with van der Waals surface area (Å²) in [5, 5.41) is 5.79. The predicted octanol–water partition coefficient (Wildman–Crippen LogP) is 3.21. The Balaban J connectivity index is 1.87. The maximum atomic E-state index is 12.6. The Labute approximate surface area is 157 Å². The van der Waals surface area contributed by atoms with Crippen LogP contribution < -0.4 is 10.6 Å². The Morgan fingerprint density at radius 3 is 2.19 bits per heavy atom. The van der Waals surface area contributed by atoms with Gasteiger partial charge in [0.15, 0.2) is 0 Å². The van der Waals surface area contributed by atoms with Crippen LogP contribution in [0.25, 0.3) is 0 Å². The Kier molecular flexibility index (Phi) is 6.35. The van der Waals surface area contributed by atoms with Gasteiger partial charge in [-0.15, -0.1) is 0 Å². The zero-order valence-electron chi connectivity index (χ0n) is 17.0.